The molecule has 2 aromatic rings. The third kappa shape index (κ3) is 4.83. The van der Waals surface area contributed by atoms with Gasteiger partial charge in [-0.3, -0.25) is 9.59 Å². The number of hydrogen-bond acceptors (Lipinski definition) is 8. The number of carbonyl (C=O) groups excluding carboxylic acids is 2. The Morgan fingerprint density at radius 3 is 2.75 bits per heavy atom. The normalized spacial score (nSPS) is 25.3. The van der Waals surface area contributed by atoms with Crippen LogP contribution in [0.4, 0.5) is 21.6 Å². The summed E-state index contributed by atoms with van der Waals surface area (Å²) in [6.07, 6.45) is 11.7. The van der Waals surface area contributed by atoms with Gasteiger partial charge in [-0.1, -0.05) is 16.8 Å². The number of aromatic nitrogens is 2. The molecule has 11 nitrogen and oxygen atoms in total. The minimum absolute atomic E-state index is 0.00992. The van der Waals surface area contributed by atoms with Crippen molar-refractivity contribution in [3.8, 4) is 5.75 Å². The van der Waals surface area contributed by atoms with Crippen LogP contribution in [0.3, 0.4) is 0 Å². The predicted molar refractivity (Wildman–Crippen MR) is 147 cm³/mol. The molecule has 1 aromatic carbocycles. The summed E-state index contributed by atoms with van der Waals surface area (Å²) in [7, 11) is 1.54. The molecule has 4 N–H and O–H groups in total. The zero-order valence-electron chi connectivity index (χ0n) is 22.2. The number of nitrogens with one attached hydrogen (secondary N) is 2. The van der Waals surface area contributed by atoms with Gasteiger partial charge in [0.1, 0.15) is 12.0 Å². The quantitative estimate of drug-likeness (QED) is 0.428. The molecule has 2 aliphatic carbocycles. The van der Waals surface area contributed by atoms with E-state index < -0.39 is 17.5 Å². The number of anilines is 3. The standard InChI is InChI=1S/C28H30FN7O4/c1-39-24-19(17-14-31-36(15-17)16-18-5-3-8-28(18)9-4-12-40-28)6-2-7-20(24)32-21-13-22(34-35-23(21)25(30)37)33-26(38)27(29)10-11-27/h2,6-7,13-16,18H,3-5,8-12H2,1H3,(H3-,30,32,33,34,37,38)/p+1/b36-16-/t18?,28-/m0/s1. The number of ether oxygens (including phenoxy) is 2. The molecular weight excluding hydrogens is 517 g/mol. The maximum absolute atomic E-state index is 14.1. The van der Waals surface area contributed by atoms with Crippen molar-refractivity contribution < 1.29 is 28.1 Å². The Morgan fingerprint density at radius 2 is 2.02 bits per heavy atom. The monoisotopic (exact) mass is 548 g/mol. The van der Waals surface area contributed by atoms with Gasteiger partial charge in [-0.25, -0.2) is 4.39 Å². The Balaban J connectivity index is 1.28. The second-order valence-corrected chi connectivity index (χ2v) is 10.7. The van der Waals surface area contributed by atoms with E-state index in [2.05, 4.69) is 32.1 Å². The van der Waals surface area contributed by atoms with Crippen molar-refractivity contribution in [3.63, 3.8) is 0 Å². The number of allylic oxidation sites excluding steroid dienone is 1. The number of primary amides is 1. The fraction of sp³-hybridized carbons (Fsp3) is 0.429. The molecule has 2 atom stereocenters. The van der Waals surface area contributed by atoms with Crippen LogP contribution in [-0.4, -0.2) is 64.1 Å². The van der Waals surface area contributed by atoms with E-state index in [1.165, 1.54) is 6.07 Å². The molecule has 1 saturated heterocycles. The highest BCUT2D eigenvalue weighted by Gasteiger charge is 2.51. The molecule has 208 valence electrons. The number of halogens is 1. The van der Waals surface area contributed by atoms with Crippen LogP contribution in [0.25, 0.3) is 5.57 Å². The molecule has 1 aromatic heterocycles. The zero-order chi connectivity index (χ0) is 27.9. The fourth-order valence-corrected chi connectivity index (χ4v) is 5.75. The number of nitrogens with zero attached hydrogens (tertiary/aromatic N) is 4. The second-order valence-electron chi connectivity index (χ2n) is 10.7. The summed E-state index contributed by atoms with van der Waals surface area (Å²) in [4.78, 5) is 24.2. The average Bonchev–Trinajstić information content (AvgIpc) is 3.31. The number of methoxy groups -OCH3 is 1. The van der Waals surface area contributed by atoms with Gasteiger partial charge < -0.3 is 25.8 Å². The summed E-state index contributed by atoms with van der Waals surface area (Å²) in [6.45, 7) is 0.820. The highest BCUT2D eigenvalue weighted by atomic mass is 19.1. The molecule has 4 aliphatic rings. The number of para-hydroxylation sites is 1. The van der Waals surface area contributed by atoms with Gasteiger partial charge in [-0.2, -0.15) is 0 Å². The topological polar surface area (TPSA) is 144 Å². The minimum Gasteiger partial charge on any atom is -0.494 e. The first-order valence-corrected chi connectivity index (χ1v) is 13.5. The SMILES string of the molecule is COc1c(Nc2cc(NC(=O)C3(F)CC3)nnc2C(N)=O)cccc1C1=C/[N+](=C/C2CCC[C@]23CCCO3)N=C1. The van der Waals surface area contributed by atoms with Crippen molar-refractivity contribution in [3.05, 3.63) is 41.7 Å². The second kappa shape index (κ2) is 10.1. The largest absolute Gasteiger partial charge is 0.494 e. The lowest BCUT2D eigenvalue weighted by molar-refractivity contribution is -0.455. The minimum atomic E-state index is -1.89. The third-order valence-electron chi connectivity index (χ3n) is 8.02. The van der Waals surface area contributed by atoms with Gasteiger partial charge in [-0.15, -0.1) is 10.2 Å². The number of rotatable bonds is 8. The Kier molecular flexibility index (Phi) is 6.57. The molecule has 1 spiro atoms. The van der Waals surface area contributed by atoms with E-state index in [4.69, 9.17) is 15.2 Å². The van der Waals surface area contributed by atoms with Gasteiger partial charge in [-0.05, 0) is 56.1 Å². The zero-order valence-corrected chi connectivity index (χ0v) is 22.2. The van der Waals surface area contributed by atoms with Crippen LogP contribution in [0, 0.1) is 5.92 Å². The van der Waals surface area contributed by atoms with Crippen LogP contribution in [0.1, 0.15) is 61.0 Å². The first-order valence-electron chi connectivity index (χ1n) is 13.5. The van der Waals surface area contributed by atoms with E-state index in [0.717, 1.165) is 49.8 Å². The first-order chi connectivity index (χ1) is 19.3. The maximum Gasteiger partial charge on any atom is 0.271 e. The summed E-state index contributed by atoms with van der Waals surface area (Å²) < 4.78 is 27.9. The van der Waals surface area contributed by atoms with Crippen LogP contribution >= 0.6 is 0 Å². The molecule has 3 heterocycles. The van der Waals surface area contributed by atoms with E-state index in [0.29, 0.717) is 17.4 Å². The lowest BCUT2D eigenvalue weighted by atomic mass is 9.89. The number of carbonyl (C=O) groups is 2. The van der Waals surface area contributed by atoms with Crippen molar-refractivity contribution in [2.45, 2.75) is 56.2 Å². The molecule has 40 heavy (non-hydrogen) atoms. The highest BCUT2D eigenvalue weighted by Crippen LogP contribution is 2.45. The number of hydrazone groups is 1. The number of hydrogen-bond donors (Lipinski definition) is 3. The molecular formula is C28H31FN7O4+. The number of benzene rings is 1. The molecule has 6 rings (SSSR count). The average molecular weight is 549 g/mol. The highest BCUT2D eigenvalue weighted by molar-refractivity contribution is 6.12. The van der Waals surface area contributed by atoms with Gasteiger partial charge in [0, 0.05) is 18.2 Å². The van der Waals surface area contributed by atoms with Gasteiger partial charge in [0.25, 0.3) is 11.8 Å². The molecule has 0 bridgehead atoms. The Hall–Kier alpha value is -4.19. The molecule has 2 saturated carbocycles. The lowest BCUT2D eigenvalue weighted by Crippen LogP contribution is -2.34. The van der Waals surface area contributed by atoms with Gasteiger partial charge in [0.15, 0.2) is 23.4 Å². The molecule has 2 aliphatic heterocycles. The third-order valence-corrected chi connectivity index (χ3v) is 8.02. The Labute approximate surface area is 230 Å². The van der Waals surface area contributed by atoms with Crippen LogP contribution in [0.2, 0.25) is 0 Å². The Morgan fingerprint density at radius 1 is 1.20 bits per heavy atom. The number of alkyl halides is 1. The molecule has 1 unspecified atom stereocenters. The van der Waals surface area contributed by atoms with E-state index >= 15 is 0 Å². The lowest BCUT2D eigenvalue weighted by Gasteiger charge is -2.26. The Bertz CT molecular complexity index is 1460. The van der Waals surface area contributed by atoms with Gasteiger partial charge in [0.05, 0.1) is 35.6 Å². The maximum atomic E-state index is 14.1. The van der Waals surface area contributed by atoms with Crippen LogP contribution in [0.5, 0.6) is 5.75 Å². The fourth-order valence-electron chi connectivity index (χ4n) is 5.75. The molecule has 2 amide bonds. The number of nitrogens with two attached hydrogens (primary N) is 1. The van der Waals surface area contributed by atoms with E-state index in [1.807, 2.05) is 23.0 Å². The molecule has 12 heteroatoms. The first kappa shape index (κ1) is 26.1. The van der Waals surface area contributed by atoms with E-state index in [9.17, 15) is 14.0 Å². The van der Waals surface area contributed by atoms with Crippen LogP contribution in [0.15, 0.2) is 35.6 Å². The molecule has 3 fully saturated rings. The van der Waals surface area contributed by atoms with Crippen molar-refractivity contribution in [2.75, 3.05) is 24.4 Å². The summed E-state index contributed by atoms with van der Waals surface area (Å²) in [5, 5.41) is 17.8. The number of amides is 2. The van der Waals surface area contributed by atoms with Gasteiger partial charge in [0.2, 0.25) is 6.20 Å². The van der Waals surface area contributed by atoms with Crippen LogP contribution in [-0.2, 0) is 9.53 Å². The van der Waals surface area contributed by atoms with Crippen LogP contribution < -0.4 is 21.1 Å². The molecule has 0 radical (unpaired) electrons. The smallest absolute Gasteiger partial charge is 0.271 e. The summed E-state index contributed by atoms with van der Waals surface area (Å²) in [5.74, 6) is -0.817. The van der Waals surface area contributed by atoms with Crippen molar-refractivity contribution in [1.29, 1.82) is 0 Å². The van der Waals surface area contributed by atoms with E-state index in [1.54, 1.807) is 19.4 Å². The summed E-state index contributed by atoms with van der Waals surface area (Å²) >= 11 is 0. The summed E-state index contributed by atoms with van der Waals surface area (Å²) in [6, 6.07) is 6.90. The van der Waals surface area contributed by atoms with Gasteiger partial charge >= 0.3 is 0 Å². The van der Waals surface area contributed by atoms with E-state index in [-0.39, 0.29) is 35.6 Å². The predicted octanol–water partition coefficient (Wildman–Crippen LogP) is 3.54. The van der Waals surface area contributed by atoms with Crippen molar-refractivity contribution in [2.24, 2.45) is 16.8 Å². The summed E-state index contributed by atoms with van der Waals surface area (Å²) in [5.41, 5.74) is 5.73. The van der Waals surface area contributed by atoms with Crippen molar-refractivity contribution >= 4 is 47.0 Å². The van der Waals surface area contributed by atoms with Crippen molar-refractivity contribution in [1.82, 2.24) is 10.2 Å².